The van der Waals surface area contributed by atoms with Gasteiger partial charge in [-0.3, -0.25) is 4.79 Å². The monoisotopic (exact) mass is 412 g/mol. The molecule has 0 spiro atoms. The van der Waals surface area contributed by atoms with Crippen molar-refractivity contribution < 1.29 is 4.79 Å². The molecule has 28 heavy (non-hydrogen) atoms. The van der Waals surface area contributed by atoms with Crippen LogP contribution < -0.4 is 5.32 Å². The van der Waals surface area contributed by atoms with Crippen LogP contribution in [0.15, 0.2) is 66.9 Å². The van der Waals surface area contributed by atoms with Crippen LogP contribution in [0, 0.1) is 0 Å². The summed E-state index contributed by atoms with van der Waals surface area (Å²) in [6.45, 7) is 1.26. The van der Waals surface area contributed by atoms with E-state index in [4.69, 9.17) is 11.6 Å². The van der Waals surface area contributed by atoms with Crippen molar-refractivity contribution in [3.05, 3.63) is 88.7 Å². The van der Waals surface area contributed by atoms with Gasteiger partial charge in [0.15, 0.2) is 0 Å². The van der Waals surface area contributed by atoms with Gasteiger partial charge in [0.1, 0.15) is 5.69 Å². The van der Waals surface area contributed by atoms with Gasteiger partial charge in [0.05, 0.1) is 12.7 Å². The van der Waals surface area contributed by atoms with E-state index in [2.05, 4.69) is 15.6 Å². The first-order valence-corrected chi connectivity index (χ1v) is 10.4. The zero-order valence-corrected chi connectivity index (χ0v) is 16.9. The first-order valence-electron chi connectivity index (χ1n) is 8.91. The summed E-state index contributed by atoms with van der Waals surface area (Å²) >= 11 is 7.64. The fourth-order valence-corrected chi connectivity index (χ4v) is 3.42. The van der Waals surface area contributed by atoms with Gasteiger partial charge in [-0.1, -0.05) is 59.3 Å². The summed E-state index contributed by atoms with van der Waals surface area (Å²) in [6, 6.07) is 17.8. The molecule has 0 atom stereocenters. The molecular formula is C21H21ClN4OS. The number of carbonyl (C=O) groups is 1. The highest BCUT2D eigenvalue weighted by molar-refractivity contribution is 7.98. The molecule has 0 bridgehead atoms. The van der Waals surface area contributed by atoms with Gasteiger partial charge in [0.2, 0.25) is 5.91 Å². The Bertz CT molecular complexity index is 910. The number of benzene rings is 2. The van der Waals surface area contributed by atoms with E-state index < -0.39 is 0 Å². The van der Waals surface area contributed by atoms with Crippen LogP contribution in [-0.2, 0) is 17.1 Å². The summed E-state index contributed by atoms with van der Waals surface area (Å²) in [6.07, 6.45) is 4.98. The molecule has 0 saturated heterocycles. The third kappa shape index (κ3) is 6.87. The quantitative estimate of drug-likeness (QED) is 0.425. The van der Waals surface area contributed by atoms with Gasteiger partial charge in [-0.15, -0.1) is 5.10 Å². The molecular weight excluding hydrogens is 392 g/mol. The summed E-state index contributed by atoms with van der Waals surface area (Å²) < 4.78 is 1.75. The number of hydrogen-bond acceptors (Lipinski definition) is 4. The van der Waals surface area contributed by atoms with E-state index in [1.54, 1.807) is 22.5 Å². The second kappa shape index (κ2) is 10.7. The molecule has 0 saturated carbocycles. The van der Waals surface area contributed by atoms with Crippen molar-refractivity contribution in [1.29, 1.82) is 0 Å². The van der Waals surface area contributed by atoms with Crippen molar-refractivity contribution in [2.45, 2.75) is 12.3 Å². The predicted octanol–water partition coefficient (Wildman–Crippen LogP) is 4.04. The number of halogens is 1. The molecule has 0 aliphatic carbocycles. The lowest BCUT2D eigenvalue weighted by molar-refractivity contribution is -0.116. The summed E-state index contributed by atoms with van der Waals surface area (Å²) in [5.41, 5.74) is 3.03. The smallest absolute Gasteiger partial charge is 0.244 e. The van der Waals surface area contributed by atoms with Crippen LogP contribution in [0.25, 0.3) is 6.08 Å². The molecule has 1 heterocycles. The first-order chi connectivity index (χ1) is 13.7. The summed E-state index contributed by atoms with van der Waals surface area (Å²) in [5, 5.41) is 11.8. The van der Waals surface area contributed by atoms with Gasteiger partial charge in [0.25, 0.3) is 0 Å². The van der Waals surface area contributed by atoms with Gasteiger partial charge in [-0.25, -0.2) is 4.68 Å². The lowest BCUT2D eigenvalue weighted by Gasteiger charge is -2.03. The third-order valence-corrected chi connectivity index (χ3v) is 5.16. The summed E-state index contributed by atoms with van der Waals surface area (Å²) in [4.78, 5) is 11.9. The molecule has 5 nitrogen and oxygen atoms in total. The number of rotatable bonds is 9. The SMILES string of the molecule is O=C(/C=C/c1cn(Cc2ccccc2)nn1)NCCSCc1ccc(Cl)cc1. The van der Waals surface area contributed by atoms with E-state index in [1.807, 2.05) is 60.8 Å². The average molecular weight is 413 g/mol. The average Bonchev–Trinajstić information content (AvgIpc) is 3.16. The van der Waals surface area contributed by atoms with Crippen LogP contribution in [-0.4, -0.2) is 33.2 Å². The Hall–Kier alpha value is -2.57. The maximum absolute atomic E-state index is 11.9. The Morgan fingerprint density at radius 1 is 1.11 bits per heavy atom. The molecule has 0 fully saturated rings. The molecule has 2 aromatic carbocycles. The number of nitrogens with zero attached hydrogens (tertiary/aromatic N) is 3. The van der Waals surface area contributed by atoms with Crippen molar-refractivity contribution in [3.63, 3.8) is 0 Å². The Labute approximate surface area is 173 Å². The maximum Gasteiger partial charge on any atom is 0.244 e. The number of thioether (sulfide) groups is 1. The molecule has 3 aromatic rings. The standard InChI is InChI=1S/C21H21ClN4OS/c22-19-8-6-18(7-9-19)16-28-13-12-23-21(27)11-10-20-15-26(25-24-20)14-17-4-2-1-3-5-17/h1-11,15H,12-14,16H2,(H,23,27)/b11-10+. The van der Waals surface area contributed by atoms with Gasteiger partial charge < -0.3 is 5.32 Å². The van der Waals surface area contributed by atoms with Crippen LogP contribution >= 0.6 is 23.4 Å². The number of amides is 1. The first kappa shape index (κ1) is 20.2. The van der Waals surface area contributed by atoms with Crippen molar-refractivity contribution >= 4 is 35.3 Å². The summed E-state index contributed by atoms with van der Waals surface area (Å²) in [7, 11) is 0. The van der Waals surface area contributed by atoms with Crippen molar-refractivity contribution in [2.75, 3.05) is 12.3 Å². The van der Waals surface area contributed by atoms with Gasteiger partial charge >= 0.3 is 0 Å². The molecule has 0 aliphatic heterocycles. The van der Waals surface area contributed by atoms with E-state index >= 15 is 0 Å². The van der Waals surface area contributed by atoms with Crippen LogP contribution in [0.5, 0.6) is 0 Å². The molecule has 7 heteroatoms. The van der Waals surface area contributed by atoms with E-state index in [0.717, 1.165) is 22.1 Å². The van der Waals surface area contributed by atoms with Crippen molar-refractivity contribution in [1.82, 2.24) is 20.3 Å². The van der Waals surface area contributed by atoms with Crippen molar-refractivity contribution in [3.8, 4) is 0 Å². The zero-order chi connectivity index (χ0) is 19.6. The maximum atomic E-state index is 11.9. The Balaban J connectivity index is 1.35. The van der Waals surface area contributed by atoms with Gasteiger partial charge in [-0.05, 0) is 29.3 Å². The fourth-order valence-electron chi connectivity index (χ4n) is 2.47. The molecule has 0 radical (unpaired) electrons. The van der Waals surface area contributed by atoms with Gasteiger partial charge in [0, 0.05) is 29.1 Å². The zero-order valence-electron chi connectivity index (χ0n) is 15.3. The molecule has 1 aromatic heterocycles. The van der Waals surface area contributed by atoms with E-state index in [-0.39, 0.29) is 5.91 Å². The fraction of sp³-hybridized carbons (Fsp3) is 0.190. The Morgan fingerprint density at radius 3 is 2.68 bits per heavy atom. The molecule has 1 amide bonds. The predicted molar refractivity (Wildman–Crippen MR) is 115 cm³/mol. The van der Waals surface area contributed by atoms with Crippen LogP contribution in [0.3, 0.4) is 0 Å². The second-order valence-electron chi connectivity index (χ2n) is 6.13. The lowest BCUT2D eigenvalue weighted by atomic mass is 10.2. The van der Waals surface area contributed by atoms with Crippen molar-refractivity contribution in [2.24, 2.45) is 0 Å². The van der Waals surface area contributed by atoms with E-state index in [1.165, 1.54) is 11.6 Å². The van der Waals surface area contributed by atoms with E-state index in [9.17, 15) is 4.79 Å². The highest BCUT2D eigenvalue weighted by Crippen LogP contribution is 2.15. The lowest BCUT2D eigenvalue weighted by Crippen LogP contribution is -2.23. The van der Waals surface area contributed by atoms with Crippen LogP contribution in [0.1, 0.15) is 16.8 Å². The Kier molecular flexibility index (Phi) is 7.70. The molecule has 0 aliphatic rings. The minimum atomic E-state index is -0.135. The summed E-state index contributed by atoms with van der Waals surface area (Å²) in [5.74, 6) is 1.60. The third-order valence-electron chi connectivity index (χ3n) is 3.88. The second-order valence-corrected chi connectivity index (χ2v) is 7.67. The minimum Gasteiger partial charge on any atom is -0.352 e. The van der Waals surface area contributed by atoms with E-state index in [0.29, 0.717) is 18.8 Å². The normalized spacial score (nSPS) is 11.0. The Morgan fingerprint density at radius 2 is 1.89 bits per heavy atom. The topological polar surface area (TPSA) is 59.8 Å². The molecule has 1 N–H and O–H groups in total. The molecule has 3 rings (SSSR count). The minimum absolute atomic E-state index is 0.135. The number of carbonyl (C=O) groups excluding carboxylic acids is 1. The van der Waals surface area contributed by atoms with Crippen LogP contribution in [0.2, 0.25) is 5.02 Å². The number of hydrogen-bond donors (Lipinski definition) is 1. The molecule has 144 valence electrons. The highest BCUT2D eigenvalue weighted by atomic mass is 35.5. The number of aromatic nitrogens is 3. The van der Waals surface area contributed by atoms with Crippen LogP contribution in [0.4, 0.5) is 0 Å². The molecule has 0 unspecified atom stereocenters. The highest BCUT2D eigenvalue weighted by Gasteiger charge is 2.01. The number of nitrogens with one attached hydrogen (secondary N) is 1. The van der Waals surface area contributed by atoms with Gasteiger partial charge in [-0.2, -0.15) is 11.8 Å². The largest absolute Gasteiger partial charge is 0.352 e.